The van der Waals surface area contributed by atoms with Crippen molar-refractivity contribution in [1.82, 2.24) is 0 Å². The zero-order valence-corrected chi connectivity index (χ0v) is 10.7. The molecule has 4 nitrogen and oxygen atoms in total. The standard InChI is InChI=1S/C11H11BrFNO3/c1-6(15)14-10-7(11-16-4-5-17-11)2-3-8(12)9(10)13/h2-3,11H,4-5H2,1H3,(H,14,15). The van der Waals surface area contributed by atoms with E-state index in [1.54, 1.807) is 12.1 Å². The molecule has 0 atom stereocenters. The van der Waals surface area contributed by atoms with Crippen LogP contribution in [0, 0.1) is 5.82 Å². The molecule has 1 aromatic carbocycles. The number of carbonyl (C=O) groups excluding carboxylic acids is 1. The minimum Gasteiger partial charge on any atom is -0.346 e. The first-order valence-electron chi connectivity index (χ1n) is 5.08. The van der Waals surface area contributed by atoms with Gasteiger partial charge in [0.2, 0.25) is 5.91 Å². The maximum Gasteiger partial charge on any atom is 0.221 e. The van der Waals surface area contributed by atoms with E-state index in [2.05, 4.69) is 21.2 Å². The van der Waals surface area contributed by atoms with Gasteiger partial charge in [0.1, 0.15) is 0 Å². The summed E-state index contributed by atoms with van der Waals surface area (Å²) in [5.74, 6) is -0.877. The van der Waals surface area contributed by atoms with Gasteiger partial charge in [-0.15, -0.1) is 0 Å². The highest BCUT2D eigenvalue weighted by Gasteiger charge is 2.24. The highest BCUT2D eigenvalue weighted by Crippen LogP contribution is 2.34. The summed E-state index contributed by atoms with van der Waals surface area (Å²) in [6.45, 7) is 2.24. The lowest BCUT2D eigenvalue weighted by molar-refractivity contribution is -0.114. The molecule has 1 aromatic rings. The molecule has 0 unspecified atom stereocenters. The molecule has 17 heavy (non-hydrogen) atoms. The van der Waals surface area contributed by atoms with Crippen molar-refractivity contribution in [2.75, 3.05) is 18.5 Å². The van der Waals surface area contributed by atoms with E-state index in [0.717, 1.165) is 0 Å². The molecular formula is C11H11BrFNO3. The van der Waals surface area contributed by atoms with Crippen LogP contribution in [0.25, 0.3) is 0 Å². The molecule has 1 fully saturated rings. The normalized spacial score (nSPS) is 16.2. The van der Waals surface area contributed by atoms with Crippen LogP contribution in [0.5, 0.6) is 0 Å². The second-order valence-electron chi connectivity index (χ2n) is 3.58. The minimum atomic E-state index is -0.626. The van der Waals surface area contributed by atoms with Crippen molar-refractivity contribution >= 4 is 27.5 Å². The van der Waals surface area contributed by atoms with Crippen LogP contribution in [0.2, 0.25) is 0 Å². The average Bonchev–Trinajstić information content (AvgIpc) is 2.78. The predicted octanol–water partition coefficient (Wildman–Crippen LogP) is 2.59. The van der Waals surface area contributed by atoms with E-state index in [1.165, 1.54) is 6.92 Å². The number of carbonyl (C=O) groups is 1. The van der Waals surface area contributed by atoms with Gasteiger partial charge in [-0.25, -0.2) is 4.39 Å². The molecule has 1 amide bonds. The molecule has 2 rings (SSSR count). The fourth-order valence-electron chi connectivity index (χ4n) is 1.60. The SMILES string of the molecule is CC(=O)Nc1c(C2OCCO2)ccc(Br)c1F. The van der Waals surface area contributed by atoms with E-state index in [-0.39, 0.29) is 16.1 Å². The lowest BCUT2D eigenvalue weighted by Gasteiger charge is -2.16. The van der Waals surface area contributed by atoms with Gasteiger partial charge in [0.25, 0.3) is 0 Å². The van der Waals surface area contributed by atoms with Gasteiger partial charge in [-0.2, -0.15) is 0 Å². The molecule has 0 aliphatic carbocycles. The van der Waals surface area contributed by atoms with Crippen LogP contribution >= 0.6 is 15.9 Å². The molecule has 1 N–H and O–H groups in total. The Morgan fingerprint density at radius 1 is 1.47 bits per heavy atom. The molecular weight excluding hydrogens is 293 g/mol. The Kier molecular flexibility index (Phi) is 3.76. The Labute approximate surface area is 106 Å². The predicted molar refractivity (Wildman–Crippen MR) is 63.0 cm³/mol. The van der Waals surface area contributed by atoms with Crippen LogP contribution in [-0.2, 0) is 14.3 Å². The third-order valence-electron chi connectivity index (χ3n) is 2.30. The third kappa shape index (κ3) is 2.65. The van der Waals surface area contributed by atoms with Gasteiger partial charge in [-0.1, -0.05) is 6.07 Å². The molecule has 0 radical (unpaired) electrons. The molecule has 0 bridgehead atoms. The lowest BCUT2D eigenvalue weighted by atomic mass is 10.1. The van der Waals surface area contributed by atoms with E-state index in [0.29, 0.717) is 18.8 Å². The van der Waals surface area contributed by atoms with Crippen LogP contribution in [-0.4, -0.2) is 19.1 Å². The largest absolute Gasteiger partial charge is 0.346 e. The summed E-state index contributed by atoms with van der Waals surface area (Å²) in [6, 6.07) is 3.22. The fourth-order valence-corrected chi connectivity index (χ4v) is 1.93. The van der Waals surface area contributed by atoms with Crippen molar-refractivity contribution in [2.45, 2.75) is 13.2 Å². The van der Waals surface area contributed by atoms with Crippen molar-refractivity contribution < 1.29 is 18.7 Å². The van der Waals surface area contributed by atoms with E-state index >= 15 is 0 Å². The molecule has 92 valence electrons. The van der Waals surface area contributed by atoms with E-state index in [4.69, 9.17) is 9.47 Å². The quantitative estimate of drug-likeness (QED) is 0.913. The first-order valence-corrected chi connectivity index (χ1v) is 5.87. The van der Waals surface area contributed by atoms with Gasteiger partial charge >= 0.3 is 0 Å². The minimum absolute atomic E-state index is 0.0961. The summed E-state index contributed by atoms with van der Waals surface area (Å²) in [5.41, 5.74) is 0.581. The Bertz CT molecular complexity index is 447. The topological polar surface area (TPSA) is 47.6 Å². The number of benzene rings is 1. The van der Waals surface area contributed by atoms with Crippen molar-refractivity contribution in [3.05, 3.63) is 28.0 Å². The van der Waals surface area contributed by atoms with E-state index in [9.17, 15) is 9.18 Å². The van der Waals surface area contributed by atoms with Gasteiger partial charge in [-0.05, 0) is 22.0 Å². The first kappa shape index (κ1) is 12.5. The second kappa shape index (κ2) is 5.12. The summed E-state index contributed by atoms with van der Waals surface area (Å²) in [7, 11) is 0. The van der Waals surface area contributed by atoms with E-state index < -0.39 is 12.1 Å². The monoisotopic (exact) mass is 303 g/mol. The van der Waals surface area contributed by atoms with Crippen molar-refractivity contribution in [3.8, 4) is 0 Å². The lowest BCUT2D eigenvalue weighted by Crippen LogP contribution is -2.12. The Morgan fingerprint density at radius 3 is 2.71 bits per heavy atom. The van der Waals surface area contributed by atoms with Gasteiger partial charge in [0, 0.05) is 12.5 Å². The Hall–Kier alpha value is -0.980. The Morgan fingerprint density at radius 2 is 2.12 bits per heavy atom. The first-order chi connectivity index (χ1) is 8.09. The van der Waals surface area contributed by atoms with Crippen LogP contribution < -0.4 is 5.32 Å². The number of rotatable bonds is 2. The molecule has 0 spiro atoms. The van der Waals surface area contributed by atoms with Crippen molar-refractivity contribution in [1.29, 1.82) is 0 Å². The molecule has 0 aromatic heterocycles. The van der Waals surface area contributed by atoms with Crippen LogP contribution in [0.15, 0.2) is 16.6 Å². The van der Waals surface area contributed by atoms with Gasteiger partial charge in [-0.3, -0.25) is 4.79 Å². The summed E-state index contributed by atoms with van der Waals surface area (Å²) < 4.78 is 24.8. The van der Waals surface area contributed by atoms with Crippen LogP contribution in [0.3, 0.4) is 0 Å². The smallest absolute Gasteiger partial charge is 0.221 e. The van der Waals surface area contributed by atoms with Crippen molar-refractivity contribution in [3.63, 3.8) is 0 Å². The third-order valence-corrected chi connectivity index (χ3v) is 2.92. The number of anilines is 1. The molecule has 1 aliphatic rings. The fraction of sp³-hybridized carbons (Fsp3) is 0.364. The van der Waals surface area contributed by atoms with Gasteiger partial charge in [0.05, 0.1) is 23.4 Å². The van der Waals surface area contributed by atoms with Gasteiger partial charge < -0.3 is 14.8 Å². The summed E-state index contributed by atoms with van der Waals surface area (Å²) >= 11 is 3.07. The zero-order valence-electron chi connectivity index (χ0n) is 9.13. The summed E-state index contributed by atoms with van der Waals surface area (Å²) in [6.07, 6.45) is -0.626. The Balaban J connectivity index is 2.42. The maximum absolute atomic E-state index is 13.9. The van der Waals surface area contributed by atoms with Crippen LogP contribution in [0.1, 0.15) is 18.8 Å². The number of amides is 1. The number of ether oxygens (including phenoxy) is 2. The summed E-state index contributed by atoms with van der Waals surface area (Å²) in [4.78, 5) is 11.1. The number of hydrogen-bond acceptors (Lipinski definition) is 3. The second-order valence-corrected chi connectivity index (χ2v) is 4.43. The molecule has 6 heteroatoms. The molecule has 1 aliphatic heterocycles. The number of hydrogen-bond donors (Lipinski definition) is 1. The average molecular weight is 304 g/mol. The zero-order chi connectivity index (χ0) is 12.4. The van der Waals surface area contributed by atoms with E-state index in [1.807, 2.05) is 0 Å². The number of halogens is 2. The molecule has 0 saturated carbocycles. The van der Waals surface area contributed by atoms with Gasteiger partial charge in [0.15, 0.2) is 12.1 Å². The highest BCUT2D eigenvalue weighted by atomic mass is 79.9. The molecule has 1 saturated heterocycles. The highest BCUT2D eigenvalue weighted by molar-refractivity contribution is 9.10. The number of nitrogens with one attached hydrogen (secondary N) is 1. The van der Waals surface area contributed by atoms with Crippen LogP contribution in [0.4, 0.5) is 10.1 Å². The maximum atomic E-state index is 13.9. The summed E-state index contributed by atoms with van der Waals surface area (Å²) in [5, 5.41) is 2.46. The molecule has 1 heterocycles. The van der Waals surface area contributed by atoms with Crippen molar-refractivity contribution in [2.24, 2.45) is 0 Å².